The number of fused-ring (bicyclic) bond motifs is 1. The van der Waals surface area contributed by atoms with Gasteiger partial charge >= 0.3 is 0 Å². The van der Waals surface area contributed by atoms with Crippen molar-refractivity contribution in [1.29, 1.82) is 0 Å². The lowest BCUT2D eigenvalue weighted by Gasteiger charge is -2.35. The van der Waals surface area contributed by atoms with Crippen LogP contribution in [0.3, 0.4) is 0 Å². The van der Waals surface area contributed by atoms with Gasteiger partial charge in [-0.15, -0.1) is 0 Å². The summed E-state index contributed by atoms with van der Waals surface area (Å²) in [6.45, 7) is 5.40. The quantitative estimate of drug-likeness (QED) is 0.870. The molecule has 2 aromatic carbocycles. The standard InChI is InChI=1S/C20H24N2O2/c23-20(19-9-3-6-16-5-1-2-8-18(16)19)22-12-10-21(11-13-22)15-17-7-4-14-24-17/h1-3,5-6,8-9,17H,4,7,10-15H2. The van der Waals surface area contributed by atoms with Crippen LogP contribution < -0.4 is 0 Å². The van der Waals surface area contributed by atoms with Crippen molar-refractivity contribution in [3.63, 3.8) is 0 Å². The Morgan fingerprint density at radius 3 is 2.62 bits per heavy atom. The van der Waals surface area contributed by atoms with Crippen LogP contribution in [0.4, 0.5) is 0 Å². The van der Waals surface area contributed by atoms with Crippen molar-refractivity contribution in [2.75, 3.05) is 39.3 Å². The topological polar surface area (TPSA) is 32.8 Å². The lowest BCUT2D eigenvalue weighted by atomic mass is 10.0. The van der Waals surface area contributed by atoms with Crippen molar-refractivity contribution in [1.82, 2.24) is 9.80 Å². The van der Waals surface area contributed by atoms with Gasteiger partial charge in [0.05, 0.1) is 6.10 Å². The van der Waals surface area contributed by atoms with Gasteiger partial charge in [0.2, 0.25) is 0 Å². The fourth-order valence-corrected chi connectivity index (χ4v) is 3.79. The molecule has 0 spiro atoms. The zero-order valence-electron chi connectivity index (χ0n) is 14.0. The normalized spacial score (nSPS) is 22.2. The first-order valence-corrected chi connectivity index (χ1v) is 8.92. The molecule has 4 heteroatoms. The minimum atomic E-state index is 0.156. The molecule has 0 N–H and O–H groups in total. The largest absolute Gasteiger partial charge is 0.377 e. The summed E-state index contributed by atoms with van der Waals surface area (Å²) in [5, 5.41) is 2.17. The molecule has 0 bridgehead atoms. The van der Waals surface area contributed by atoms with E-state index >= 15 is 0 Å². The zero-order chi connectivity index (χ0) is 16.4. The molecule has 1 unspecified atom stereocenters. The second kappa shape index (κ2) is 6.91. The van der Waals surface area contributed by atoms with Crippen molar-refractivity contribution in [3.05, 3.63) is 48.0 Å². The van der Waals surface area contributed by atoms with Gasteiger partial charge in [-0.05, 0) is 29.7 Å². The molecule has 4 rings (SSSR count). The van der Waals surface area contributed by atoms with Gasteiger partial charge in [0.15, 0.2) is 0 Å². The Hall–Kier alpha value is -1.91. The Bertz CT molecular complexity index is 711. The van der Waals surface area contributed by atoms with Gasteiger partial charge in [-0.3, -0.25) is 9.69 Å². The highest BCUT2D eigenvalue weighted by atomic mass is 16.5. The van der Waals surface area contributed by atoms with E-state index in [4.69, 9.17) is 4.74 Å². The van der Waals surface area contributed by atoms with E-state index in [9.17, 15) is 4.79 Å². The molecule has 0 aliphatic carbocycles. The van der Waals surface area contributed by atoms with Gasteiger partial charge < -0.3 is 9.64 Å². The van der Waals surface area contributed by atoms with Crippen LogP contribution in [0.25, 0.3) is 10.8 Å². The molecule has 2 aliphatic heterocycles. The molecule has 2 aliphatic rings. The Balaban J connectivity index is 1.42. The third kappa shape index (κ3) is 3.17. The molecule has 1 amide bonds. The van der Waals surface area contributed by atoms with E-state index in [0.29, 0.717) is 6.10 Å². The van der Waals surface area contributed by atoms with E-state index in [1.54, 1.807) is 0 Å². The Labute approximate surface area is 143 Å². The van der Waals surface area contributed by atoms with Crippen LogP contribution in [0.15, 0.2) is 42.5 Å². The second-order valence-corrected chi connectivity index (χ2v) is 6.75. The molecule has 2 heterocycles. The fourth-order valence-electron chi connectivity index (χ4n) is 3.79. The summed E-state index contributed by atoms with van der Waals surface area (Å²) < 4.78 is 5.73. The number of carbonyl (C=O) groups excluding carboxylic acids is 1. The average molecular weight is 324 g/mol. The van der Waals surface area contributed by atoms with Crippen LogP contribution in [0.2, 0.25) is 0 Å². The number of amides is 1. The first-order valence-electron chi connectivity index (χ1n) is 8.92. The smallest absolute Gasteiger partial charge is 0.254 e. The number of hydrogen-bond donors (Lipinski definition) is 0. The van der Waals surface area contributed by atoms with Crippen LogP contribution in [0.1, 0.15) is 23.2 Å². The first kappa shape index (κ1) is 15.6. The Morgan fingerprint density at radius 2 is 1.83 bits per heavy atom. The molecule has 2 fully saturated rings. The molecule has 2 aromatic rings. The predicted octanol–water partition coefficient (Wildman–Crippen LogP) is 2.78. The number of nitrogens with zero attached hydrogens (tertiary/aromatic N) is 2. The summed E-state index contributed by atoms with van der Waals surface area (Å²) in [6, 6.07) is 14.1. The number of piperazine rings is 1. The van der Waals surface area contributed by atoms with Crippen LogP contribution in [-0.4, -0.2) is 61.1 Å². The van der Waals surface area contributed by atoms with Crippen molar-refractivity contribution in [3.8, 4) is 0 Å². The molecule has 2 saturated heterocycles. The lowest BCUT2D eigenvalue weighted by Crippen LogP contribution is -2.50. The van der Waals surface area contributed by atoms with Gasteiger partial charge in [0.1, 0.15) is 0 Å². The van der Waals surface area contributed by atoms with E-state index in [-0.39, 0.29) is 5.91 Å². The summed E-state index contributed by atoms with van der Waals surface area (Å²) in [5.74, 6) is 0.156. The molecule has 4 nitrogen and oxygen atoms in total. The lowest BCUT2D eigenvalue weighted by molar-refractivity contribution is 0.0434. The third-order valence-electron chi connectivity index (χ3n) is 5.17. The van der Waals surface area contributed by atoms with E-state index in [0.717, 1.165) is 55.7 Å². The summed E-state index contributed by atoms with van der Waals surface area (Å²) in [6.07, 6.45) is 2.75. The maximum Gasteiger partial charge on any atom is 0.254 e. The number of rotatable bonds is 3. The van der Waals surface area contributed by atoms with Crippen LogP contribution in [0, 0.1) is 0 Å². The first-order chi connectivity index (χ1) is 11.8. The third-order valence-corrected chi connectivity index (χ3v) is 5.17. The Kier molecular flexibility index (Phi) is 4.50. The SMILES string of the molecule is O=C(c1cccc2ccccc12)N1CCN(CC2CCCO2)CC1. The molecule has 1 atom stereocenters. The monoisotopic (exact) mass is 324 g/mol. The summed E-state index contributed by atoms with van der Waals surface area (Å²) in [4.78, 5) is 17.4. The van der Waals surface area contributed by atoms with Crippen molar-refractivity contribution < 1.29 is 9.53 Å². The molecule has 0 aromatic heterocycles. The van der Waals surface area contributed by atoms with Gasteiger partial charge in [-0.2, -0.15) is 0 Å². The van der Waals surface area contributed by atoms with Crippen molar-refractivity contribution in [2.24, 2.45) is 0 Å². The van der Waals surface area contributed by atoms with Gasteiger partial charge in [0.25, 0.3) is 5.91 Å². The molecule has 0 radical (unpaired) electrons. The molecular weight excluding hydrogens is 300 g/mol. The molecule has 24 heavy (non-hydrogen) atoms. The van der Waals surface area contributed by atoms with Crippen molar-refractivity contribution >= 4 is 16.7 Å². The van der Waals surface area contributed by atoms with E-state index in [1.165, 1.54) is 12.8 Å². The highest BCUT2D eigenvalue weighted by Crippen LogP contribution is 2.21. The maximum absolute atomic E-state index is 12.9. The van der Waals surface area contributed by atoms with E-state index < -0.39 is 0 Å². The molecule has 126 valence electrons. The summed E-state index contributed by atoms with van der Waals surface area (Å²) in [5.41, 5.74) is 0.820. The molecular formula is C20H24N2O2. The predicted molar refractivity (Wildman–Crippen MR) is 95.3 cm³/mol. The summed E-state index contributed by atoms with van der Waals surface area (Å²) >= 11 is 0. The van der Waals surface area contributed by atoms with Crippen LogP contribution >= 0.6 is 0 Å². The minimum Gasteiger partial charge on any atom is -0.377 e. The number of carbonyl (C=O) groups is 1. The van der Waals surface area contributed by atoms with Crippen LogP contribution in [-0.2, 0) is 4.74 Å². The Morgan fingerprint density at radius 1 is 1.04 bits per heavy atom. The number of ether oxygens (including phenoxy) is 1. The number of hydrogen-bond acceptors (Lipinski definition) is 3. The van der Waals surface area contributed by atoms with Gasteiger partial charge in [-0.1, -0.05) is 36.4 Å². The van der Waals surface area contributed by atoms with E-state index in [1.807, 2.05) is 35.2 Å². The average Bonchev–Trinajstić information content (AvgIpc) is 3.14. The minimum absolute atomic E-state index is 0.156. The number of benzene rings is 2. The highest BCUT2D eigenvalue weighted by Gasteiger charge is 2.26. The fraction of sp³-hybridized carbons (Fsp3) is 0.450. The maximum atomic E-state index is 12.9. The van der Waals surface area contributed by atoms with Gasteiger partial charge in [0, 0.05) is 44.9 Å². The summed E-state index contributed by atoms with van der Waals surface area (Å²) in [7, 11) is 0. The molecule has 0 saturated carbocycles. The van der Waals surface area contributed by atoms with Gasteiger partial charge in [-0.25, -0.2) is 0 Å². The highest BCUT2D eigenvalue weighted by molar-refractivity contribution is 6.07. The second-order valence-electron chi connectivity index (χ2n) is 6.75. The van der Waals surface area contributed by atoms with E-state index in [2.05, 4.69) is 17.0 Å². The van der Waals surface area contributed by atoms with Crippen LogP contribution in [0.5, 0.6) is 0 Å². The zero-order valence-corrected chi connectivity index (χ0v) is 14.0. The van der Waals surface area contributed by atoms with Crippen molar-refractivity contribution in [2.45, 2.75) is 18.9 Å².